The highest BCUT2D eigenvalue weighted by Gasteiger charge is 2.18. The zero-order valence-electron chi connectivity index (χ0n) is 25.5. The highest BCUT2D eigenvalue weighted by atomic mass is 16.5. The first-order chi connectivity index (χ1) is 20.3. The van der Waals surface area contributed by atoms with E-state index < -0.39 is 24.5 Å². The Hall–Kier alpha value is -3.46. The van der Waals surface area contributed by atoms with Crippen molar-refractivity contribution >= 4 is 23.8 Å². The number of rotatable bonds is 25. The molecule has 9 heteroatoms. The maximum absolute atomic E-state index is 12.2. The summed E-state index contributed by atoms with van der Waals surface area (Å²) in [4.78, 5) is 46.6. The molecule has 0 spiro atoms. The van der Waals surface area contributed by atoms with E-state index >= 15 is 0 Å². The molecule has 0 saturated heterocycles. The maximum atomic E-state index is 12.2. The normalized spacial score (nSPS) is 13.4. The molecule has 2 unspecified atom stereocenters. The topological polar surface area (TPSA) is 142 Å². The van der Waals surface area contributed by atoms with Crippen molar-refractivity contribution in [2.24, 2.45) is 0 Å². The maximum Gasteiger partial charge on any atom is 0.328 e. The SMILES string of the molecule is CC/C=C\C/C=C\C/C=C\C/C=C\C/C=C\CC(=O)OC(CCC)CCCCCC(=O)NCC(=O)NC(CO)C(=O)O. The van der Waals surface area contributed by atoms with Crippen LogP contribution in [0.25, 0.3) is 0 Å². The van der Waals surface area contributed by atoms with Crippen molar-refractivity contribution in [1.82, 2.24) is 10.6 Å². The summed E-state index contributed by atoms with van der Waals surface area (Å²) in [7, 11) is 0. The van der Waals surface area contributed by atoms with E-state index in [9.17, 15) is 19.2 Å². The quantitative estimate of drug-likeness (QED) is 0.0629. The van der Waals surface area contributed by atoms with E-state index in [1.165, 1.54) is 0 Å². The predicted octanol–water partition coefficient (Wildman–Crippen LogP) is 5.47. The molecule has 0 saturated carbocycles. The minimum Gasteiger partial charge on any atom is -0.480 e. The number of carboxylic acids is 1. The van der Waals surface area contributed by atoms with Gasteiger partial charge in [-0.05, 0) is 57.8 Å². The summed E-state index contributed by atoms with van der Waals surface area (Å²) in [5, 5.41) is 22.3. The van der Waals surface area contributed by atoms with Crippen LogP contribution in [0.15, 0.2) is 60.8 Å². The van der Waals surface area contributed by atoms with Gasteiger partial charge in [0.1, 0.15) is 12.1 Å². The van der Waals surface area contributed by atoms with Gasteiger partial charge in [0.15, 0.2) is 0 Å². The summed E-state index contributed by atoms with van der Waals surface area (Å²) in [5.41, 5.74) is 0. The Morgan fingerprint density at radius 3 is 1.83 bits per heavy atom. The number of carboxylic acid groups (broad SMARTS) is 1. The lowest BCUT2D eigenvalue weighted by atomic mass is 10.1. The van der Waals surface area contributed by atoms with E-state index in [1.807, 2.05) is 19.1 Å². The van der Waals surface area contributed by atoms with Crippen molar-refractivity contribution in [2.45, 2.75) is 109 Å². The number of carbonyl (C=O) groups is 4. The largest absolute Gasteiger partial charge is 0.480 e. The number of aliphatic carboxylic acids is 1. The van der Waals surface area contributed by atoms with Crippen LogP contribution in [0, 0.1) is 0 Å². The minimum atomic E-state index is -1.40. The number of nitrogens with one attached hydrogen (secondary N) is 2. The molecular formula is C33H52N2O7. The number of aliphatic hydroxyl groups is 1. The van der Waals surface area contributed by atoms with Crippen LogP contribution < -0.4 is 10.6 Å². The summed E-state index contributed by atoms with van der Waals surface area (Å²) in [6, 6.07) is -1.40. The Morgan fingerprint density at radius 1 is 0.738 bits per heavy atom. The molecule has 0 aromatic rings. The molecule has 0 aromatic heterocycles. The second kappa shape index (κ2) is 27.7. The van der Waals surface area contributed by atoms with Crippen molar-refractivity contribution in [3.63, 3.8) is 0 Å². The lowest BCUT2D eigenvalue weighted by Gasteiger charge is -2.17. The van der Waals surface area contributed by atoms with Crippen LogP contribution >= 0.6 is 0 Å². The number of hydrogen-bond donors (Lipinski definition) is 4. The van der Waals surface area contributed by atoms with Gasteiger partial charge >= 0.3 is 11.9 Å². The molecule has 42 heavy (non-hydrogen) atoms. The van der Waals surface area contributed by atoms with Gasteiger partial charge in [-0.2, -0.15) is 0 Å². The summed E-state index contributed by atoms with van der Waals surface area (Å²) >= 11 is 0. The van der Waals surface area contributed by atoms with Gasteiger partial charge < -0.3 is 25.6 Å². The van der Waals surface area contributed by atoms with E-state index in [4.69, 9.17) is 14.9 Å². The molecule has 2 atom stereocenters. The van der Waals surface area contributed by atoms with Crippen LogP contribution in [0.1, 0.15) is 97.3 Å². The van der Waals surface area contributed by atoms with Crippen LogP contribution in [0.3, 0.4) is 0 Å². The third-order valence-corrected chi connectivity index (χ3v) is 6.04. The Morgan fingerprint density at radius 2 is 1.31 bits per heavy atom. The molecule has 0 bridgehead atoms. The van der Waals surface area contributed by atoms with E-state index in [0.29, 0.717) is 6.42 Å². The third kappa shape index (κ3) is 24.3. The fourth-order valence-corrected chi connectivity index (χ4v) is 3.78. The van der Waals surface area contributed by atoms with Crippen molar-refractivity contribution in [1.29, 1.82) is 0 Å². The number of aliphatic hydroxyl groups excluding tert-OH is 1. The molecule has 0 heterocycles. The molecule has 236 valence electrons. The van der Waals surface area contributed by atoms with Crippen molar-refractivity contribution < 1.29 is 34.1 Å². The Balaban J connectivity index is 4.04. The molecular weight excluding hydrogens is 536 g/mol. The molecule has 0 radical (unpaired) electrons. The minimum absolute atomic E-state index is 0.142. The second-order valence-corrected chi connectivity index (χ2v) is 9.83. The number of esters is 1. The summed E-state index contributed by atoms with van der Waals surface area (Å²) in [6.07, 6.45) is 30.6. The summed E-state index contributed by atoms with van der Waals surface area (Å²) in [5.74, 6) is -2.58. The number of amides is 2. The smallest absolute Gasteiger partial charge is 0.328 e. The first-order valence-electron chi connectivity index (χ1n) is 15.2. The Kier molecular flexibility index (Phi) is 25.4. The van der Waals surface area contributed by atoms with Crippen LogP contribution in [-0.4, -0.2) is 59.3 Å². The number of allylic oxidation sites excluding steroid dienone is 9. The van der Waals surface area contributed by atoms with Crippen LogP contribution in [0.2, 0.25) is 0 Å². The van der Waals surface area contributed by atoms with Crippen molar-refractivity contribution in [2.75, 3.05) is 13.2 Å². The van der Waals surface area contributed by atoms with Crippen LogP contribution in [-0.2, 0) is 23.9 Å². The van der Waals surface area contributed by atoms with Gasteiger partial charge in [0.2, 0.25) is 11.8 Å². The van der Waals surface area contributed by atoms with Crippen LogP contribution in [0.4, 0.5) is 0 Å². The van der Waals surface area contributed by atoms with E-state index in [-0.39, 0.29) is 37.4 Å². The highest BCUT2D eigenvalue weighted by Crippen LogP contribution is 2.14. The standard InChI is InChI=1S/C33H52N2O7/c1-3-5-6-7-8-9-10-11-12-13-14-15-16-17-21-25-32(39)42-28(22-4-2)23-19-18-20-24-30(37)34-26-31(38)35-29(27-36)33(40)41/h5-6,8-9,11-12,14-15,17,21,28-29,36H,3-4,7,10,13,16,18-20,22-27H2,1-2H3,(H,34,37)(H,35,38)(H,40,41)/b6-5-,9-8-,12-11-,15-14-,21-17-. The molecule has 9 nitrogen and oxygen atoms in total. The van der Waals surface area contributed by atoms with Gasteiger partial charge in [0, 0.05) is 6.42 Å². The van der Waals surface area contributed by atoms with Gasteiger partial charge in [-0.15, -0.1) is 0 Å². The molecule has 0 aliphatic carbocycles. The van der Waals surface area contributed by atoms with E-state index in [1.54, 1.807) is 0 Å². The highest BCUT2D eigenvalue weighted by molar-refractivity contribution is 5.87. The first kappa shape index (κ1) is 38.5. The van der Waals surface area contributed by atoms with Gasteiger partial charge in [-0.25, -0.2) is 4.79 Å². The van der Waals surface area contributed by atoms with E-state index in [0.717, 1.165) is 64.2 Å². The second-order valence-electron chi connectivity index (χ2n) is 9.83. The Labute approximate surface area is 251 Å². The van der Waals surface area contributed by atoms with Gasteiger partial charge in [0.25, 0.3) is 0 Å². The lowest BCUT2D eigenvalue weighted by molar-refractivity contribution is -0.148. The molecule has 0 rings (SSSR count). The van der Waals surface area contributed by atoms with Gasteiger partial charge in [0.05, 0.1) is 19.6 Å². The number of unbranched alkanes of at least 4 members (excludes halogenated alkanes) is 2. The van der Waals surface area contributed by atoms with Crippen molar-refractivity contribution in [3.05, 3.63) is 60.8 Å². The number of ether oxygens (including phenoxy) is 1. The summed E-state index contributed by atoms with van der Waals surface area (Å²) in [6.45, 7) is 3.10. The predicted molar refractivity (Wildman–Crippen MR) is 167 cm³/mol. The van der Waals surface area contributed by atoms with Crippen LogP contribution in [0.5, 0.6) is 0 Å². The first-order valence-corrected chi connectivity index (χ1v) is 15.2. The number of hydrogen-bond acceptors (Lipinski definition) is 6. The zero-order valence-corrected chi connectivity index (χ0v) is 25.5. The summed E-state index contributed by atoms with van der Waals surface area (Å²) < 4.78 is 5.65. The monoisotopic (exact) mass is 588 g/mol. The average Bonchev–Trinajstić information content (AvgIpc) is 2.96. The van der Waals surface area contributed by atoms with Gasteiger partial charge in [-0.1, -0.05) is 87.4 Å². The fraction of sp³-hybridized carbons (Fsp3) is 0.576. The number of carbonyl (C=O) groups excluding carboxylic acids is 3. The molecule has 2 amide bonds. The van der Waals surface area contributed by atoms with Crippen molar-refractivity contribution in [3.8, 4) is 0 Å². The lowest BCUT2D eigenvalue weighted by Crippen LogP contribution is -2.47. The zero-order chi connectivity index (χ0) is 31.3. The average molecular weight is 589 g/mol. The molecule has 0 aromatic carbocycles. The fourth-order valence-electron chi connectivity index (χ4n) is 3.78. The van der Waals surface area contributed by atoms with E-state index in [2.05, 4.69) is 66.2 Å². The Bertz CT molecular complexity index is 906. The molecule has 0 aliphatic rings. The third-order valence-electron chi connectivity index (χ3n) is 6.04. The molecule has 4 N–H and O–H groups in total. The van der Waals surface area contributed by atoms with Gasteiger partial charge in [-0.3, -0.25) is 14.4 Å². The molecule has 0 fully saturated rings. The molecule has 0 aliphatic heterocycles.